The highest BCUT2D eigenvalue weighted by Gasteiger charge is 2.30. The molecule has 0 saturated carbocycles. The number of carbonyl (C=O) groups is 2. The summed E-state index contributed by atoms with van der Waals surface area (Å²) in [6, 6.07) is 4.78. The molecule has 7 heteroatoms. The Morgan fingerprint density at radius 1 is 1.17 bits per heavy atom. The summed E-state index contributed by atoms with van der Waals surface area (Å²) >= 11 is 0. The number of nitrogens with one attached hydrogen (secondary N) is 1. The summed E-state index contributed by atoms with van der Waals surface area (Å²) in [4.78, 5) is 22.1. The molecule has 1 atom stereocenters. The van der Waals surface area contributed by atoms with E-state index in [2.05, 4.69) is 5.32 Å². The van der Waals surface area contributed by atoms with Gasteiger partial charge in [-0.1, -0.05) is 19.1 Å². The summed E-state index contributed by atoms with van der Waals surface area (Å²) in [7, 11) is 0. The van der Waals surface area contributed by atoms with Gasteiger partial charge >= 0.3 is 12.1 Å². The van der Waals surface area contributed by atoms with Gasteiger partial charge in [-0.3, -0.25) is 9.59 Å². The number of aliphatic carboxylic acids is 1. The van der Waals surface area contributed by atoms with Gasteiger partial charge in [-0.25, -0.2) is 0 Å². The Kier molecular flexibility index (Phi) is 7.06. The predicted octanol–water partition coefficient (Wildman–Crippen LogP) is 3.57. The highest BCUT2D eigenvalue weighted by Crippen LogP contribution is 2.30. The van der Waals surface area contributed by atoms with Gasteiger partial charge in [-0.2, -0.15) is 13.2 Å². The number of carbonyl (C=O) groups excluding carboxylic acids is 1. The number of unbranched alkanes of at least 4 members (excludes halogenated alkanes) is 1. The Labute approximate surface area is 132 Å². The van der Waals surface area contributed by atoms with Crippen LogP contribution < -0.4 is 5.32 Å². The average molecular weight is 331 g/mol. The van der Waals surface area contributed by atoms with E-state index in [0.717, 1.165) is 12.1 Å². The molecule has 4 nitrogen and oxygen atoms in total. The van der Waals surface area contributed by atoms with Crippen molar-refractivity contribution in [1.29, 1.82) is 0 Å². The summed E-state index contributed by atoms with van der Waals surface area (Å²) in [5.74, 6) is -1.27. The second-order valence-corrected chi connectivity index (χ2v) is 5.43. The van der Waals surface area contributed by atoms with Crippen LogP contribution in [0.5, 0.6) is 0 Å². The van der Waals surface area contributed by atoms with Crippen molar-refractivity contribution in [3.05, 3.63) is 35.4 Å². The maximum Gasteiger partial charge on any atom is 0.416 e. The van der Waals surface area contributed by atoms with E-state index in [1.807, 2.05) is 0 Å². The Morgan fingerprint density at radius 2 is 1.78 bits per heavy atom. The number of hydrogen-bond acceptors (Lipinski definition) is 2. The molecule has 23 heavy (non-hydrogen) atoms. The third-order valence-corrected chi connectivity index (χ3v) is 3.44. The first-order valence-electron chi connectivity index (χ1n) is 7.36. The Balaban J connectivity index is 2.39. The molecule has 0 aromatic heterocycles. The van der Waals surface area contributed by atoms with E-state index < -0.39 is 17.7 Å². The number of hydrogen-bond donors (Lipinski definition) is 2. The van der Waals surface area contributed by atoms with Crippen LogP contribution in [-0.4, -0.2) is 23.5 Å². The highest BCUT2D eigenvalue weighted by atomic mass is 19.4. The van der Waals surface area contributed by atoms with Crippen LogP contribution in [0, 0.1) is 0 Å². The zero-order valence-corrected chi connectivity index (χ0v) is 12.8. The summed E-state index contributed by atoms with van der Waals surface area (Å²) in [6.45, 7) is 2.17. The molecule has 1 unspecified atom stereocenters. The van der Waals surface area contributed by atoms with Crippen LogP contribution in [0.1, 0.15) is 49.7 Å². The molecule has 128 valence electrons. The number of benzene rings is 1. The molecule has 1 aromatic rings. The van der Waals surface area contributed by atoms with Gasteiger partial charge in [0.05, 0.1) is 5.56 Å². The topological polar surface area (TPSA) is 66.4 Å². The summed E-state index contributed by atoms with van der Waals surface area (Å²) in [5, 5.41) is 11.2. The Bertz CT molecular complexity index is 526. The second-order valence-electron chi connectivity index (χ2n) is 5.43. The van der Waals surface area contributed by atoms with Crippen molar-refractivity contribution < 1.29 is 27.9 Å². The third kappa shape index (κ3) is 7.17. The molecule has 0 spiro atoms. The first-order valence-corrected chi connectivity index (χ1v) is 7.36. The van der Waals surface area contributed by atoms with Gasteiger partial charge in [0.1, 0.15) is 0 Å². The summed E-state index contributed by atoms with van der Waals surface area (Å²) in [5.41, 5.74) is -0.0460. The fraction of sp³-hybridized carbons (Fsp3) is 0.500. The number of amides is 1. The lowest BCUT2D eigenvalue weighted by Gasteiger charge is -2.13. The van der Waals surface area contributed by atoms with Crippen molar-refractivity contribution in [3.8, 4) is 0 Å². The zero-order valence-electron chi connectivity index (χ0n) is 12.8. The standard InChI is InChI=1S/C16H20F3NO3/c1-11(10-14(21)20-9-3-2-4-15(22)23)12-5-7-13(8-6-12)16(17,18)19/h5-8,11H,2-4,9-10H2,1H3,(H,20,21)(H,22,23). The number of halogens is 3. The lowest BCUT2D eigenvalue weighted by atomic mass is 9.96. The molecule has 0 fully saturated rings. The van der Waals surface area contributed by atoms with Gasteiger partial charge in [0.2, 0.25) is 5.91 Å². The predicted molar refractivity (Wildman–Crippen MR) is 79.0 cm³/mol. The molecule has 0 aliphatic heterocycles. The van der Waals surface area contributed by atoms with Crippen LogP contribution in [0.15, 0.2) is 24.3 Å². The van der Waals surface area contributed by atoms with Gasteiger partial charge in [-0.05, 0) is 36.5 Å². The molecule has 0 aliphatic carbocycles. The largest absolute Gasteiger partial charge is 0.481 e. The van der Waals surface area contributed by atoms with Crippen LogP contribution in [0.4, 0.5) is 13.2 Å². The van der Waals surface area contributed by atoms with Gasteiger partial charge in [0.15, 0.2) is 0 Å². The van der Waals surface area contributed by atoms with E-state index in [4.69, 9.17) is 5.11 Å². The fourth-order valence-electron chi connectivity index (χ4n) is 2.10. The molecule has 2 N–H and O–H groups in total. The summed E-state index contributed by atoms with van der Waals surface area (Å²) < 4.78 is 37.4. The van der Waals surface area contributed by atoms with Gasteiger partial charge in [0, 0.05) is 19.4 Å². The van der Waals surface area contributed by atoms with Crippen LogP contribution in [0.3, 0.4) is 0 Å². The van der Waals surface area contributed by atoms with Gasteiger partial charge < -0.3 is 10.4 Å². The number of alkyl halides is 3. The fourth-order valence-corrected chi connectivity index (χ4v) is 2.10. The molecule has 0 aliphatic rings. The lowest BCUT2D eigenvalue weighted by molar-refractivity contribution is -0.138. The average Bonchev–Trinajstić information content (AvgIpc) is 2.45. The van der Waals surface area contributed by atoms with E-state index in [1.165, 1.54) is 12.1 Å². The molecular formula is C16H20F3NO3. The van der Waals surface area contributed by atoms with E-state index in [1.54, 1.807) is 6.92 Å². The molecule has 0 heterocycles. The number of carboxylic acids is 1. The molecule has 1 amide bonds. The van der Waals surface area contributed by atoms with E-state index in [0.29, 0.717) is 24.9 Å². The minimum Gasteiger partial charge on any atom is -0.481 e. The normalized spacial score (nSPS) is 12.7. The molecule has 1 rings (SSSR count). The lowest BCUT2D eigenvalue weighted by Crippen LogP contribution is -2.25. The van der Waals surface area contributed by atoms with Crippen LogP contribution in [0.2, 0.25) is 0 Å². The first-order chi connectivity index (χ1) is 10.7. The summed E-state index contributed by atoms with van der Waals surface area (Å²) in [6.07, 6.45) is -3.06. The maximum absolute atomic E-state index is 12.5. The van der Waals surface area contributed by atoms with Crippen molar-refractivity contribution in [1.82, 2.24) is 5.32 Å². The van der Waals surface area contributed by atoms with Crippen molar-refractivity contribution in [2.24, 2.45) is 0 Å². The van der Waals surface area contributed by atoms with E-state index >= 15 is 0 Å². The van der Waals surface area contributed by atoms with Crippen molar-refractivity contribution >= 4 is 11.9 Å². The smallest absolute Gasteiger partial charge is 0.416 e. The SMILES string of the molecule is CC(CC(=O)NCCCCC(=O)O)c1ccc(C(F)(F)F)cc1. The molecular weight excluding hydrogens is 311 g/mol. The molecule has 0 saturated heterocycles. The minimum atomic E-state index is -4.37. The Morgan fingerprint density at radius 3 is 2.30 bits per heavy atom. The monoisotopic (exact) mass is 331 g/mol. The number of carboxylic acid groups (broad SMARTS) is 1. The van der Waals surface area contributed by atoms with Crippen LogP contribution in [0.25, 0.3) is 0 Å². The minimum absolute atomic E-state index is 0.0673. The number of rotatable bonds is 8. The maximum atomic E-state index is 12.5. The van der Waals surface area contributed by atoms with Gasteiger partial charge in [0.25, 0.3) is 0 Å². The molecule has 0 bridgehead atoms. The van der Waals surface area contributed by atoms with Crippen molar-refractivity contribution in [3.63, 3.8) is 0 Å². The van der Waals surface area contributed by atoms with E-state index in [9.17, 15) is 22.8 Å². The third-order valence-electron chi connectivity index (χ3n) is 3.44. The van der Waals surface area contributed by atoms with Crippen molar-refractivity contribution in [2.75, 3.05) is 6.54 Å². The molecule has 0 radical (unpaired) electrons. The van der Waals surface area contributed by atoms with Crippen molar-refractivity contribution in [2.45, 2.75) is 44.7 Å². The first kappa shape index (κ1) is 19.0. The quantitative estimate of drug-likeness (QED) is 0.716. The highest BCUT2D eigenvalue weighted by molar-refractivity contribution is 5.76. The zero-order chi connectivity index (χ0) is 17.5. The Hall–Kier alpha value is -2.05. The molecule has 1 aromatic carbocycles. The van der Waals surface area contributed by atoms with Gasteiger partial charge in [-0.15, -0.1) is 0 Å². The van der Waals surface area contributed by atoms with E-state index in [-0.39, 0.29) is 24.7 Å². The van der Waals surface area contributed by atoms with Crippen LogP contribution >= 0.6 is 0 Å². The van der Waals surface area contributed by atoms with Crippen LogP contribution in [-0.2, 0) is 15.8 Å². The second kappa shape index (κ2) is 8.55.